The Labute approximate surface area is 374 Å². The maximum absolute atomic E-state index is 5.54. The van der Waals surface area contributed by atoms with Crippen LogP contribution in [0.1, 0.15) is 0 Å². The number of aromatic nitrogens is 5. The van der Waals surface area contributed by atoms with Crippen molar-refractivity contribution in [2.45, 2.75) is 0 Å². The Kier molecular flexibility index (Phi) is 9.24. The van der Waals surface area contributed by atoms with Gasteiger partial charge in [0.15, 0.2) is 5.13 Å². The van der Waals surface area contributed by atoms with Gasteiger partial charge in [-0.3, -0.25) is 14.0 Å². The zero-order chi connectivity index (χ0) is 42.4. The molecule has 0 unspecified atom stereocenters. The van der Waals surface area contributed by atoms with Crippen LogP contribution in [-0.4, -0.2) is 24.1 Å². The number of benzene rings is 9. The Morgan fingerprint density at radius 2 is 0.734 bits per heavy atom. The lowest BCUT2D eigenvalue weighted by atomic mass is 9.97. The highest BCUT2D eigenvalue weighted by Gasteiger charge is 2.22. The van der Waals surface area contributed by atoms with Gasteiger partial charge in [0.25, 0.3) is 0 Å². The molecule has 0 radical (unpaired) electrons. The maximum Gasteiger partial charge on any atom is 0.195 e. The molecule has 0 N–H and O–H groups in total. The highest BCUT2D eigenvalue weighted by Crippen LogP contribution is 2.46. The first-order valence-electron chi connectivity index (χ1n) is 21.4. The lowest BCUT2D eigenvalue weighted by Crippen LogP contribution is -2.09. The molecule has 6 nitrogen and oxygen atoms in total. The number of imidazole rings is 2. The molecule has 64 heavy (non-hydrogen) atoms. The van der Waals surface area contributed by atoms with Gasteiger partial charge in [-0.2, -0.15) is 0 Å². The molecule has 0 spiro atoms. The predicted molar refractivity (Wildman–Crippen MR) is 265 cm³/mol. The van der Waals surface area contributed by atoms with Crippen LogP contribution in [-0.2, 0) is 0 Å². The van der Waals surface area contributed by atoms with Gasteiger partial charge in [0.05, 0.1) is 32.3 Å². The zero-order valence-corrected chi connectivity index (χ0v) is 35.3. The second kappa shape index (κ2) is 15.8. The summed E-state index contributed by atoms with van der Waals surface area (Å²) in [7, 11) is 0. The normalized spacial score (nSPS) is 11.4. The number of rotatable bonds is 9. The van der Waals surface area contributed by atoms with Crippen LogP contribution in [0.4, 0.5) is 16.5 Å². The Morgan fingerprint density at radius 3 is 1.22 bits per heavy atom. The van der Waals surface area contributed by atoms with Crippen LogP contribution in [0.15, 0.2) is 231 Å². The zero-order valence-electron chi connectivity index (χ0n) is 34.5. The van der Waals surface area contributed by atoms with Crippen molar-refractivity contribution in [3.05, 3.63) is 231 Å². The Hall–Kier alpha value is -8.39. The summed E-state index contributed by atoms with van der Waals surface area (Å²) in [5.74, 6) is 1.81. The van der Waals surface area contributed by atoms with Crippen molar-refractivity contribution in [1.82, 2.24) is 24.1 Å². The van der Waals surface area contributed by atoms with Crippen LogP contribution in [0.25, 0.3) is 88.7 Å². The van der Waals surface area contributed by atoms with E-state index in [9.17, 15) is 0 Å². The molecule has 0 fully saturated rings. The molecule has 0 bridgehead atoms. The summed E-state index contributed by atoms with van der Waals surface area (Å²) in [6.45, 7) is 0. The summed E-state index contributed by atoms with van der Waals surface area (Å²) < 4.78 is 5.61. The second-order valence-corrected chi connectivity index (χ2v) is 16.7. The maximum atomic E-state index is 5.54. The summed E-state index contributed by atoms with van der Waals surface area (Å²) in [5, 5.41) is 0.891. The van der Waals surface area contributed by atoms with Crippen LogP contribution in [0.2, 0.25) is 0 Å². The van der Waals surface area contributed by atoms with Gasteiger partial charge < -0.3 is 0 Å². The summed E-state index contributed by atoms with van der Waals surface area (Å²) in [4.78, 5) is 18.1. The van der Waals surface area contributed by atoms with Gasteiger partial charge in [0, 0.05) is 45.0 Å². The molecule has 0 aliphatic carbocycles. The average molecular weight is 839 g/mol. The topological polar surface area (TPSA) is 51.8 Å². The lowest BCUT2D eigenvalue weighted by molar-refractivity contribution is 1.10. The highest BCUT2D eigenvalue weighted by atomic mass is 32.1. The number of hydrogen-bond acceptors (Lipinski definition) is 5. The monoisotopic (exact) mass is 838 g/mol. The summed E-state index contributed by atoms with van der Waals surface area (Å²) in [5.41, 5.74) is 15.7. The summed E-state index contributed by atoms with van der Waals surface area (Å²) in [6, 6.07) is 80.7. The highest BCUT2D eigenvalue weighted by molar-refractivity contribution is 7.23. The first-order valence-corrected chi connectivity index (χ1v) is 22.2. The van der Waals surface area contributed by atoms with Crippen molar-refractivity contribution in [2.24, 2.45) is 0 Å². The van der Waals surface area contributed by atoms with Gasteiger partial charge in [0.1, 0.15) is 11.6 Å². The SMILES string of the molecule is c1ccc(N(c2ccccc2)c2nc3c(-c4ccc(-c5nc6ccccc6n5-c5ccccc5)cc4)ccc(-c4ccc(-c5nc6ccccc6n5-c5ccccc5)cc4)c3s2)cc1. The molecular formula is C57H38N6S. The van der Waals surface area contributed by atoms with E-state index in [4.69, 9.17) is 15.0 Å². The van der Waals surface area contributed by atoms with Gasteiger partial charge in [-0.05, 0) is 83.9 Å². The lowest BCUT2D eigenvalue weighted by Gasteiger charge is -2.22. The van der Waals surface area contributed by atoms with Gasteiger partial charge in [-0.15, -0.1) is 0 Å². The molecular weight excluding hydrogens is 801 g/mol. The molecule has 0 amide bonds. The fraction of sp³-hybridized carbons (Fsp3) is 0. The van der Waals surface area contributed by atoms with E-state index in [1.807, 2.05) is 24.3 Å². The number of anilines is 3. The summed E-state index contributed by atoms with van der Waals surface area (Å²) in [6.07, 6.45) is 0. The van der Waals surface area contributed by atoms with Crippen LogP contribution >= 0.6 is 11.3 Å². The summed E-state index contributed by atoms with van der Waals surface area (Å²) >= 11 is 1.72. The van der Waals surface area contributed by atoms with Gasteiger partial charge >= 0.3 is 0 Å². The average Bonchev–Trinajstić information content (AvgIpc) is 4.10. The molecule has 3 aromatic heterocycles. The largest absolute Gasteiger partial charge is 0.292 e. The van der Waals surface area contributed by atoms with E-state index < -0.39 is 0 Å². The van der Waals surface area contributed by atoms with E-state index in [-0.39, 0.29) is 0 Å². The van der Waals surface area contributed by atoms with Crippen molar-refractivity contribution in [1.29, 1.82) is 0 Å². The second-order valence-electron chi connectivity index (χ2n) is 15.7. The van der Waals surface area contributed by atoms with Crippen LogP contribution in [0.5, 0.6) is 0 Å². The minimum atomic E-state index is 0.891. The molecule has 0 saturated heterocycles. The van der Waals surface area contributed by atoms with E-state index in [2.05, 4.69) is 220 Å². The van der Waals surface area contributed by atoms with Gasteiger partial charge in [-0.1, -0.05) is 169 Å². The third kappa shape index (κ3) is 6.54. The number of para-hydroxylation sites is 8. The predicted octanol–water partition coefficient (Wildman–Crippen LogP) is 15.1. The quantitative estimate of drug-likeness (QED) is 0.145. The van der Waals surface area contributed by atoms with Crippen LogP contribution < -0.4 is 4.90 Å². The van der Waals surface area contributed by atoms with E-state index in [0.717, 1.165) is 105 Å². The van der Waals surface area contributed by atoms with Crippen molar-refractivity contribution in [3.8, 4) is 56.4 Å². The third-order valence-corrected chi connectivity index (χ3v) is 12.9. The molecule has 0 aliphatic heterocycles. The molecule has 302 valence electrons. The smallest absolute Gasteiger partial charge is 0.195 e. The molecule has 12 rings (SSSR count). The molecule has 0 aliphatic rings. The van der Waals surface area contributed by atoms with Gasteiger partial charge in [0.2, 0.25) is 0 Å². The first-order chi connectivity index (χ1) is 31.7. The molecule has 9 aromatic carbocycles. The number of thiazole rings is 1. The molecule has 7 heteroatoms. The molecule has 0 atom stereocenters. The van der Waals surface area contributed by atoms with E-state index in [1.54, 1.807) is 11.3 Å². The Morgan fingerprint density at radius 1 is 0.344 bits per heavy atom. The number of fused-ring (bicyclic) bond motifs is 3. The first kappa shape index (κ1) is 37.4. The fourth-order valence-corrected chi connectivity index (χ4v) is 9.96. The number of nitrogens with zero attached hydrogens (tertiary/aromatic N) is 6. The molecule has 3 heterocycles. The molecule has 12 aromatic rings. The Bertz CT molecular complexity index is 3340. The van der Waals surface area contributed by atoms with Crippen molar-refractivity contribution < 1.29 is 0 Å². The standard InChI is InChI=1S/C57H38N6S/c1-5-17-43(18-6-1)61(44-19-7-2-8-20-44)57-60-53-47(39-29-33-41(34-30-39)55-58-49-25-13-15-27-51(49)62(55)45-21-9-3-10-22-45)37-38-48(54(53)64-57)40-31-35-42(36-32-40)56-59-50-26-14-16-28-52(50)63(56)46-23-11-4-12-24-46/h1-38H. The van der Waals surface area contributed by atoms with E-state index in [1.165, 1.54) is 0 Å². The van der Waals surface area contributed by atoms with Crippen molar-refractivity contribution >= 4 is 60.1 Å². The van der Waals surface area contributed by atoms with Gasteiger partial charge in [-0.25, -0.2) is 15.0 Å². The van der Waals surface area contributed by atoms with Crippen molar-refractivity contribution in [3.63, 3.8) is 0 Å². The fourth-order valence-electron chi connectivity index (χ4n) is 8.79. The number of hydrogen-bond donors (Lipinski definition) is 0. The molecule has 0 saturated carbocycles. The third-order valence-electron chi connectivity index (χ3n) is 11.8. The van der Waals surface area contributed by atoms with Crippen LogP contribution in [0.3, 0.4) is 0 Å². The van der Waals surface area contributed by atoms with E-state index >= 15 is 0 Å². The minimum absolute atomic E-state index is 0.891. The minimum Gasteiger partial charge on any atom is -0.292 e. The Balaban J connectivity index is 0.995. The van der Waals surface area contributed by atoms with Crippen molar-refractivity contribution in [2.75, 3.05) is 4.90 Å². The van der Waals surface area contributed by atoms with E-state index in [0.29, 0.717) is 0 Å². The van der Waals surface area contributed by atoms with Crippen LogP contribution in [0, 0.1) is 0 Å².